The van der Waals surface area contributed by atoms with E-state index in [-0.39, 0.29) is 6.03 Å². The Kier molecular flexibility index (Phi) is 6.67. The molecule has 8 nitrogen and oxygen atoms in total. The van der Waals surface area contributed by atoms with E-state index in [1.165, 1.54) is 11.1 Å². The minimum absolute atomic E-state index is 0.312. The van der Waals surface area contributed by atoms with Gasteiger partial charge in [0.05, 0.1) is 14.2 Å². The average Bonchev–Trinajstić information content (AvgIpc) is 3.16. The number of H-pyrrole nitrogens is 1. The fourth-order valence-electron chi connectivity index (χ4n) is 2.80. The lowest BCUT2D eigenvalue weighted by Gasteiger charge is -2.11. The van der Waals surface area contributed by atoms with Gasteiger partial charge < -0.3 is 20.1 Å². The third-order valence-corrected chi connectivity index (χ3v) is 4.35. The van der Waals surface area contributed by atoms with Crippen LogP contribution in [0.15, 0.2) is 42.5 Å². The molecule has 3 N–H and O–H groups in total. The summed E-state index contributed by atoms with van der Waals surface area (Å²) in [5, 5.41) is 12.7. The largest absolute Gasteiger partial charge is 0.493 e. The van der Waals surface area contributed by atoms with E-state index in [0.29, 0.717) is 42.4 Å². The minimum atomic E-state index is -0.312. The van der Waals surface area contributed by atoms with Crippen molar-refractivity contribution in [3.05, 3.63) is 65.2 Å². The number of aryl methyl sites for hydroxylation is 1. The van der Waals surface area contributed by atoms with Crippen LogP contribution in [0.3, 0.4) is 0 Å². The molecule has 8 heteroatoms. The zero-order valence-corrected chi connectivity index (χ0v) is 16.8. The van der Waals surface area contributed by atoms with E-state index in [2.05, 4.69) is 57.0 Å². The maximum Gasteiger partial charge on any atom is 0.319 e. The molecule has 2 aromatic carbocycles. The van der Waals surface area contributed by atoms with Crippen molar-refractivity contribution in [3.8, 4) is 11.5 Å². The number of aromatic amines is 1. The Hall–Kier alpha value is -3.55. The third-order valence-electron chi connectivity index (χ3n) is 4.35. The van der Waals surface area contributed by atoms with Gasteiger partial charge in [-0.2, -0.15) is 5.10 Å². The van der Waals surface area contributed by atoms with Gasteiger partial charge in [-0.05, 0) is 24.6 Å². The van der Waals surface area contributed by atoms with Crippen molar-refractivity contribution < 1.29 is 14.3 Å². The van der Waals surface area contributed by atoms with Crippen molar-refractivity contribution in [3.63, 3.8) is 0 Å². The second-order valence-corrected chi connectivity index (χ2v) is 6.56. The molecule has 1 aromatic heterocycles. The lowest BCUT2D eigenvalue weighted by molar-refractivity contribution is 0.252. The molecule has 0 unspecified atom stereocenters. The second-order valence-electron chi connectivity index (χ2n) is 6.56. The van der Waals surface area contributed by atoms with Crippen LogP contribution in [0.25, 0.3) is 0 Å². The van der Waals surface area contributed by atoms with Crippen LogP contribution >= 0.6 is 0 Å². The smallest absolute Gasteiger partial charge is 0.319 e. The molecular weight excluding hydrogens is 370 g/mol. The number of hydrogen-bond donors (Lipinski definition) is 3. The van der Waals surface area contributed by atoms with E-state index in [1.54, 1.807) is 32.4 Å². The van der Waals surface area contributed by atoms with Crippen LogP contribution in [0.2, 0.25) is 0 Å². The number of benzene rings is 2. The molecule has 0 saturated heterocycles. The number of urea groups is 1. The number of carbonyl (C=O) groups is 1. The number of aromatic nitrogens is 3. The monoisotopic (exact) mass is 395 g/mol. The first-order valence-electron chi connectivity index (χ1n) is 9.30. The molecule has 152 valence electrons. The highest BCUT2D eigenvalue weighted by Gasteiger charge is 2.08. The van der Waals surface area contributed by atoms with Crippen molar-refractivity contribution in [2.45, 2.75) is 19.8 Å². The fraction of sp³-hybridized carbons (Fsp3) is 0.286. The Morgan fingerprint density at radius 1 is 1.07 bits per heavy atom. The molecule has 0 atom stereocenters. The minimum Gasteiger partial charge on any atom is -0.493 e. The van der Waals surface area contributed by atoms with Gasteiger partial charge >= 0.3 is 6.03 Å². The van der Waals surface area contributed by atoms with Crippen LogP contribution < -0.4 is 20.1 Å². The van der Waals surface area contributed by atoms with E-state index < -0.39 is 0 Å². The predicted octanol–water partition coefficient (Wildman–Crippen LogP) is 3.09. The van der Waals surface area contributed by atoms with Gasteiger partial charge in [0.25, 0.3) is 0 Å². The Morgan fingerprint density at radius 2 is 1.83 bits per heavy atom. The summed E-state index contributed by atoms with van der Waals surface area (Å²) >= 11 is 0. The Bertz CT molecular complexity index is 953. The molecule has 0 spiro atoms. The van der Waals surface area contributed by atoms with E-state index in [0.717, 1.165) is 5.82 Å². The lowest BCUT2D eigenvalue weighted by atomic mass is 10.1. The van der Waals surface area contributed by atoms with E-state index >= 15 is 0 Å². The van der Waals surface area contributed by atoms with Gasteiger partial charge in [-0.3, -0.25) is 5.10 Å². The van der Waals surface area contributed by atoms with Gasteiger partial charge in [-0.15, -0.1) is 0 Å². The normalized spacial score (nSPS) is 10.4. The quantitative estimate of drug-likeness (QED) is 0.544. The second kappa shape index (κ2) is 9.59. The fourth-order valence-corrected chi connectivity index (χ4v) is 2.80. The van der Waals surface area contributed by atoms with Crippen molar-refractivity contribution in [2.24, 2.45) is 0 Å². The first-order valence-corrected chi connectivity index (χ1v) is 9.30. The zero-order chi connectivity index (χ0) is 20.6. The van der Waals surface area contributed by atoms with Gasteiger partial charge in [0.15, 0.2) is 17.3 Å². The maximum atomic E-state index is 12.1. The molecule has 1 heterocycles. The molecule has 29 heavy (non-hydrogen) atoms. The molecule has 3 rings (SSSR count). The number of hydrogen-bond acceptors (Lipinski definition) is 5. The molecule has 0 aliphatic heterocycles. The van der Waals surface area contributed by atoms with Crippen molar-refractivity contribution >= 4 is 11.7 Å². The van der Waals surface area contributed by atoms with Crippen LogP contribution in [-0.4, -0.2) is 42.0 Å². The first kappa shape index (κ1) is 20.2. The molecule has 0 aliphatic carbocycles. The maximum absolute atomic E-state index is 12.1. The van der Waals surface area contributed by atoms with Gasteiger partial charge in [0, 0.05) is 31.1 Å². The Morgan fingerprint density at radius 3 is 2.55 bits per heavy atom. The van der Waals surface area contributed by atoms with Crippen LogP contribution in [-0.2, 0) is 12.8 Å². The van der Waals surface area contributed by atoms with Crippen molar-refractivity contribution in [2.75, 3.05) is 26.1 Å². The molecule has 0 radical (unpaired) electrons. The molecule has 2 amide bonds. The number of nitrogens with zero attached hydrogens (tertiary/aromatic N) is 2. The molecule has 0 bridgehead atoms. The summed E-state index contributed by atoms with van der Waals surface area (Å²) in [6, 6.07) is 13.2. The van der Waals surface area contributed by atoms with Crippen molar-refractivity contribution in [1.29, 1.82) is 0 Å². The SMILES string of the molecule is COc1ccc(NC(=O)NCCc2n[nH]c(Cc3ccc(C)cc3)n2)cc1OC. The third kappa shape index (κ3) is 5.71. The number of ether oxygens (including phenoxy) is 2. The topological polar surface area (TPSA) is 101 Å². The van der Waals surface area contributed by atoms with Crippen LogP contribution in [0.4, 0.5) is 10.5 Å². The number of rotatable bonds is 8. The van der Waals surface area contributed by atoms with Gasteiger partial charge in [0.1, 0.15) is 5.82 Å². The summed E-state index contributed by atoms with van der Waals surface area (Å²) in [4.78, 5) is 16.6. The van der Waals surface area contributed by atoms with Gasteiger partial charge in [0.2, 0.25) is 0 Å². The number of nitrogens with one attached hydrogen (secondary N) is 3. The summed E-state index contributed by atoms with van der Waals surface area (Å²) < 4.78 is 10.4. The highest BCUT2D eigenvalue weighted by atomic mass is 16.5. The average molecular weight is 395 g/mol. The van der Waals surface area contributed by atoms with Gasteiger partial charge in [-0.1, -0.05) is 29.8 Å². The Balaban J connectivity index is 1.46. The molecule has 3 aromatic rings. The van der Waals surface area contributed by atoms with E-state index in [9.17, 15) is 4.79 Å². The number of carbonyl (C=O) groups excluding carboxylic acids is 1. The summed E-state index contributed by atoms with van der Waals surface area (Å²) in [7, 11) is 3.11. The highest BCUT2D eigenvalue weighted by Crippen LogP contribution is 2.29. The standard InChI is InChI=1S/C21H25N5O3/c1-14-4-6-15(7-5-14)12-20-24-19(25-26-20)10-11-22-21(27)23-16-8-9-17(28-2)18(13-16)29-3/h4-9,13H,10-12H2,1-3H3,(H2,22,23,27)(H,24,25,26). The van der Waals surface area contributed by atoms with Crippen LogP contribution in [0, 0.1) is 6.92 Å². The van der Waals surface area contributed by atoms with Crippen LogP contribution in [0.1, 0.15) is 22.8 Å². The number of anilines is 1. The summed E-state index contributed by atoms with van der Waals surface area (Å²) in [5.74, 6) is 2.62. The molecule has 0 fully saturated rings. The van der Waals surface area contributed by atoms with Crippen LogP contribution in [0.5, 0.6) is 11.5 Å². The first-order chi connectivity index (χ1) is 14.1. The molecule has 0 saturated carbocycles. The van der Waals surface area contributed by atoms with Gasteiger partial charge in [-0.25, -0.2) is 9.78 Å². The zero-order valence-electron chi connectivity index (χ0n) is 16.8. The van der Waals surface area contributed by atoms with E-state index in [4.69, 9.17) is 9.47 Å². The highest BCUT2D eigenvalue weighted by molar-refractivity contribution is 5.89. The predicted molar refractivity (Wildman–Crippen MR) is 111 cm³/mol. The van der Waals surface area contributed by atoms with E-state index in [1.807, 2.05) is 0 Å². The lowest BCUT2D eigenvalue weighted by Crippen LogP contribution is -2.30. The number of amides is 2. The number of methoxy groups -OCH3 is 2. The summed E-state index contributed by atoms with van der Waals surface area (Å²) in [6.07, 6.45) is 1.23. The Labute approximate surface area is 169 Å². The van der Waals surface area contributed by atoms with Crippen molar-refractivity contribution in [1.82, 2.24) is 20.5 Å². The molecule has 0 aliphatic rings. The summed E-state index contributed by atoms with van der Waals surface area (Å²) in [6.45, 7) is 2.48. The molecular formula is C21H25N5O3. The summed E-state index contributed by atoms with van der Waals surface area (Å²) in [5.41, 5.74) is 3.01.